The summed E-state index contributed by atoms with van der Waals surface area (Å²) in [5.74, 6) is 0.706. The van der Waals surface area contributed by atoms with Gasteiger partial charge in [0.25, 0.3) is 0 Å². The molecule has 3 rings (SSSR count). The van der Waals surface area contributed by atoms with Gasteiger partial charge in [-0.05, 0) is 53.5 Å². The van der Waals surface area contributed by atoms with Crippen molar-refractivity contribution in [2.24, 2.45) is 5.73 Å². The first-order valence-corrected chi connectivity index (χ1v) is 7.47. The molecule has 1 aliphatic carbocycles. The molecular formula is C17H26N2. The predicted molar refractivity (Wildman–Crippen MR) is 80.4 cm³/mol. The van der Waals surface area contributed by atoms with Gasteiger partial charge in [-0.25, -0.2) is 0 Å². The molecule has 2 atom stereocenters. The Morgan fingerprint density at radius 1 is 1.21 bits per heavy atom. The lowest BCUT2D eigenvalue weighted by atomic mass is 9.73. The molecule has 0 saturated heterocycles. The normalized spacial score (nSPS) is 27.2. The Morgan fingerprint density at radius 3 is 2.63 bits per heavy atom. The molecule has 1 aromatic rings. The fourth-order valence-electron chi connectivity index (χ4n) is 3.70. The van der Waals surface area contributed by atoms with Gasteiger partial charge >= 0.3 is 0 Å². The van der Waals surface area contributed by atoms with Crippen LogP contribution in [0.25, 0.3) is 0 Å². The number of nitrogens with two attached hydrogens (primary N) is 1. The van der Waals surface area contributed by atoms with Crippen molar-refractivity contribution in [2.45, 2.75) is 57.5 Å². The van der Waals surface area contributed by atoms with Gasteiger partial charge in [0.05, 0.1) is 0 Å². The summed E-state index contributed by atoms with van der Waals surface area (Å²) in [6.45, 7) is 9.15. The lowest BCUT2D eigenvalue weighted by molar-refractivity contribution is 0.261. The Balaban J connectivity index is 2.18. The lowest BCUT2D eigenvalue weighted by Gasteiger charge is -2.40. The van der Waals surface area contributed by atoms with Crippen LogP contribution in [-0.4, -0.2) is 18.5 Å². The molecule has 19 heavy (non-hydrogen) atoms. The van der Waals surface area contributed by atoms with Gasteiger partial charge in [0.2, 0.25) is 0 Å². The summed E-state index contributed by atoms with van der Waals surface area (Å²) >= 11 is 0. The highest BCUT2D eigenvalue weighted by atomic mass is 15.1. The van der Waals surface area contributed by atoms with E-state index in [4.69, 9.17) is 5.73 Å². The largest absolute Gasteiger partial charge is 0.324 e. The van der Waals surface area contributed by atoms with Crippen molar-refractivity contribution in [3.05, 3.63) is 34.4 Å². The van der Waals surface area contributed by atoms with Crippen LogP contribution < -0.4 is 5.73 Å². The van der Waals surface area contributed by atoms with Crippen LogP contribution in [0.5, 0.6) is 0 Å². The zero-order valence-electron chi connectivity index (χ0n) is 12.7. The Bertz CT molecular complexity index is 499. The molecule has 0 saturated carbocycles. The van der Waals surface area contributed by atoms with Crippen LogP contribution in [-0.2, 0) is 12.0 Å². The third kappa shape index (κ3) is 2.21. The topological polar surface area (TPSA) is 29.3 Å². The summed E-state index contributed by atoms with van der Waals surface area (Å²) < 4.78 is 0. The van der Waals surface area contributed by atoms with E-state index in [1.165, 1.54) is 29.7 Å². The van der Waals surface area contributed by atoms with Crippen molar-refractivity contribution >= 4 is 0 Å². The fraction of sp³-hybridized carbons (Fsp3) is 0.647. The summed E-state index contributed by atoms with van der Waals surface area (Å²) in [5.41, 5.74) is 12.6. The van der Waals surface area contributed by atoms with E-state index in [-0.39, 0.29) is 11.5 Å². The van der Waals surface area contributed by atoms with Gasteiger partial charge in [0.1, 0.15) is 0 Å². The van der Waals surface area contributed by atoms with Crippen molar-refractivity contribution in [1.29, 1.82) is 0 Å². The SMILES string of the molecule is CN1Cc2cc(C(C)(C)C)cc3c2C(CCC3N)C1. The van der Waals surface area contributed by atoms with Crippen LogP contribution in [0.4, 0.5) is 0 Å². The standard InChI is InChI=1S/C17H26N2/c1-17(2,3)13-7-12-10-19(4)9-11-5-6-15(18)14(8-13)16(11)12/h7-8,11,15H,5-6,9-10,18H2,1-4H3. The summed E-state index contributed by atoms with van der Waals surface area (Å²) in [4.78, 5) is 2.46. The first-order valence-electron chi connectivity index (χ1n) is 7.47. The molecule has 1 aromatic carbocycles. The number of benzene rings is 1. The third-order valence-electron chi connectivity index (χ3n) is 4.77. The van der Waals surface area contributed by atoms with E-state index in [1.807, 2.05) is 0 Å². The molecule has 0 bridgehead atoms. The van der Waals surface area contributed by atoms with E-state index in [0.717, 1.165) is 13.0 Å². The van der Waals surface area contributed by atoms with Gasteiger partial charge in [0, 0.05) is 19.1 Å². The van der Waals surface area contributed by atoms with Crippen LogP contribution in [0.15, 0.2) is 12.1 Å². The van der Waals surface area contributed by atoms with Crippen LogP contribution >= 0.6 is 0 Å². The van der Waals surface area contributed by atoms with E-state index < -0.39 is 0 Å². The molecule has 0 fully saturated rings. The molecule has 2 N–H and O–H groups in total. The molecule has 2 nitrogen and oxygen atoms in total. The number of likely N-dealkylation sites (N-methyl/N-ethyl adjacent to an activating group) is 1. The quantitative estimate of drug-likeness (QED) is 0.773. The van der Waals surface area contributed by atoms with Crippen molar-refractivity contribution in [3.63, 3.8) is 0 Å². The zero-order chi connectivity index (χ0) is 13.8. The molecule has 2 aliphatic rings. The van der Waals surface area contributed by atoms with Crippen LogP contribution in [0.1, 0.15) is 67.8 Å². The molecule has 0 radical (unpaired) electrons. The van der Waals surface area contributed by atoms with Crippen LogP contribution in [0, 0.1) is 0 Å². The Labute approximate surface area is 117 Å². The Kier molecular flexibility index (Phi) is 2.99. The fourth-order valence-corrected chi connectivity index (χ4v) is 3.70. The first-order chi connectivity index (χ1) is 8.86. The molecule has 104 valence electrons. The summed E-state index contributed by atoms with van der Waals surface area (Å²) in [7, 11) is 2.24. The van der Waals surface area contributed by atoms with E-state index in [9.17, 15) is 0 Å². The highest BCUT2D eigenvalue weighted by Gasteiger charge is 2.33. The zero-order valence-corrected chi connectivity index (χ0v) is 12.7. The third-order valence-corrected chi connectivity index (χ3v) is 4.77. The monoisotopic (exact) mass is 258 g/mol. The molecule has 0 amide bonds. The minimum Gasteiger partial charge on any atom is -0.324 e. The van der Waals surface area contributed by atoms with Crippen molar-refractivity contribution in [3.8, 4) is 0 Å². The molecule has 2 heteroatoms. The van der Waals surface area contributed by atoms with Gasteiger partial charge in [-0.15, -0.1) is 0 Å². The van der Waals surface area contributed by atoms with Gasteiger partial charge < -0.3 is 10.6 Å². The Morgan fingerprint density at radius 2 is 1.95 bits per heavy atom. The Hall–Kier alpha value is -0.860. The molecule has 2 unspecified atom stereocenters. The van der Waals surface area contributed by atoms with Crippen molar-refractivity contribution < 1.29 is 0 Å². The van der Waals surface area contributed by atoms with Crippen molar-refractivity contribution in [1.82, 2.24) is 4.90 Å². The maximum Gasteiger partial charge on any atom is 0.0298 e. The predicted octanol–water partition coefficient (Wildman–Crippen LogP) is 3.31. The maximum atomic E-state index is 6.39. The second kappa shape index (κ2) is 4.32. The molecular weight excluding hydrogens is 232 g/mol. The second-order valence-corrected chi connectivity index (χ2v) is 7.47. The second-order valence-electron chi connectivity index (χ2n) is 7.47. The van der Waals surface area contributed by atoms with Gasteiger partial charge in [-0.2, -0.15) is 0 Å². The van der Waals surface area contributed by atoms with E-state index in [2.05, 4.69) is 44.9 Å². The maximum absolute atomic E-state index is 6.39. The minimum atomic E-state index is 0.203. The average Bonchev–Trinajstić information content (AvgIpc) is 2.31. The van der Waals surface area contributed by atoms with Crippen LogP contribution in [0.2, 0.25) is 0 Å². The highest BCUT2D eigenvalue weighted by molar-refractivity contribution is 5.47. The highest BCUT2D eigenvalue weighted by Crippen LogP contribution is 2.43. The average molecular weight is 258 g/mol. The summed E-state index contributed by atoms with van der Waals surface area (Å²) in [6, 6.07) is 5.07. The summed E-state index contributed by atoms with van der Waals surface area (Å²) in [6.07, 6.45) is 2.39. The van der Waals surface area contributed by atoms with E-state index in [1.54, 1.807) is 5.56 Å². The van der Waals surface area contributed by atoms with E-state index in [0.29, 0.717) is 5.92 Å². The minimum absolute atomic E-state index is 0.203. The molecule has 0 spiro atoms. The molecule has 1 heterocycles. The number of hydrogen-bond donors (Lipinski definition) is 1. The molecule has 1 aliphatic heterocycles. The first kappa shape index (κ1) is 13.1. The van der Waals surface area contributed by atoms with Crippen LogP contribution in [0.3, 0.4) is 0 Å². The summed E-state index contributed by atoms with van der Waals surface area (Å²) in [5, 5.41) is 0. The number of hydrogen-bond acceptors (Lipinski definition) is 2. The van der Waals surface area contributed by atoms with Gasteiger partial charge in [-0.3, -0.25) is 0 Å². The van der Waals surface area contributed by atoms with Gasteiger partial charge in [-0.1, -0.05) is 32.9 Å². The van der Waals surface area contributed by atoms with E-state index >= 15 is 0 Å². The smallest absolute Gasteiger partial charge is 0.0298 e. The number of nitrogens with zero attached hydrogens (tertiary/aromatic N) is 1. The van der Waals surface area contributed by atoms with Crippen molar-refractivity contribution in [2.75, 3.05) is 13.6 Å². The number of rotatable bonds is 0. The molecule has 0 aromatic heterocycles. The van der Waals surface area contributed by atoms with Gasteiger partial charge in [0.15, 0.2) is 0 Å². The lowest BCUT2D eigenvalue weighted by Crippen LogP contribution is -2.35.